The lowest BCUT2D eigenvalue weighted by Crippen LogP contribution is -2.43. The van der Waals surface area contributed by atoms with Gasteiger partial charge in [0.2, 0.25) is 0 Å². The highest BCUT2D eigenvalue weighted by Crippen LogP contribution is 2.44. The molecule has 2 aliphatic rings. The molecule has 3 atom stereocenters. The summed E-state index contributed by atoms with van der Waals surface area (Å²) in [5.74, 6) is 1.57. The minimum Gasteiger partial charge on any atom is -0.382 e. The van der Waals surface area contributed by atoms with E-state index in [2.05, 4.69) is 17.5 Å². The second-order valence-electron chi connectivity index (χ2n) is 4.65. The van der Waals surface area contributed by atoms with Crippen molar-refractivity contribution in [3.63, 3.8) is 0 Å². The highest BCUT2D eigenvalue weighted by atomic mass is 35.5. The van der Waals surface area contributed by atoms with Gasteiger partial charge in [0.1, 0.15) is 0 Å². The Morgan fingerprint density at radius 2 is 1.88 bits per heavy atom. The summed E-state index contributed by atoms with van der Waals surface area (Å²) in [5.41, 5.74) is 1.03. The van der Waals surface area contributed by atoms with Gasteiger partial charge in [-0.2, -0.15) is 0 Å². The number of rotatable bonds is 2. The smallest absolute Gasteiger partial charge is 0.0441 e. The monoisotopic (exact) mass is 253 g/mol. The van der Waals surface area contributed by atoms with E-state index in [1.165, 1.54) is 12.8 Å². The Morgan fingerprint density at radius 1 is 1.12 bits per heavy atom. The second-order valence-corrected chi connectivity index (χ2v) is 5.52. The van der Waals surface area contributed by atoms with Crippen LogP contribution >= 0.6 is 23.2 Å². The van der Waals surface area contributed by atoms with Crippen LogP contribution in [0.15, 0.2) is 30.4 Å². The van der Waals surface area contributed by atoms with Gasteiger partial charge >= 0.3 is 0 Å². The summed E-state index contributed by atoms with van der Waals surface area (Å²) in [4.78, 5) is 0. The SMILES string of the molecule is Clc1cc(Cl)cc(NC2CC3CC=CC32)c1. The lowest BCUT2D eigenvalue weighted by Gasteiger charge is -2.41. The predicted molar refractivity (Wildman–Crippen MR) is 69.2 cm³/mol. The van der Waals surface area contributed by atoms with Gasteiger partial charge in [-0.05, 0) is 37.0 Å². The van der Waals surface area contributed by atoms with Crippen molar-refractivity contribution < 1.29 is 0 Å². The van der Waals surface area contributed by atoms with Gasteiger partial charge in [-0.25, -0.2) is 0 Å². The molecule has 0 bridgehead atoms. The number of anilines is 1. The zero-order valence-corrected chi connectivity index (χ0v) is 10.3. The molecule has 1 saturated carbocycles. The average molecular weight is 254 g/mol. The Hall–Kier alpha value is -0.660. The first-order valence-electron chi connectivity index (χ1n) is 5.62. The molecule has 3 rings (SSSR count). The van der Waals surface area contributed by atoms with Crippen molar-refractivity contribution in [1.82, 2.24) is 0 Å². The van der Waals surface area contributed by atoms with Crippen molar-refractivity contribution in [3.8, 4) is 0 Å². The van der Waals surface area contributed by atoms with Crippen LogP contribution in [-0.4, -0.2) is 6.04 Å². The van der Waals surface area contributed by atoms with Crippen molar-refractivity contribution in [2.45, 2.75) is 18.9 Å². The number of fused-ring (bicyclic) bond motifs is 1. The van der Waals surface area contributed by atoms with Crippen molar-refractivity contribution >= 4 is 28.9 Å². The Labute approximate surface area is 105 Å². The summed E-state index contributed by atoms with van der Waals surface area (Å²) in [6.07, 6.45) is 7.13. The fraction of sp³-hybridized carbons (Fsp3) is 0.385. The van der Waals surface area contributed by atoms with Crippen LogP contribution in [0.25, 0.3) is 0 Å². The first-order chi connectivity index (χ1) is 7.72. The first kappa shape index (κ1) is 10.5. The van der Waals surface area contributed by atoms with E-state index in [9.17, 15) is 0 Å². The van der Waals surface area contributed by atoms with Crippen LogP contribution in [-0.2, 0) is 0 Å². The predicted octanol–water partition coefficient (Wildman–Crippen LogP) is 4.37. The fourth-order valence-electron chi connectivity index (χ4n) is 2.73. The van der Waals surface area contributed by atoms with Gasteiger partial charge in [-0.1, -0.05) is 35.4 Å². The van der Waals surface area contributed by atoms with E-state index in [1.807, 2.05) is 12.1 Å². The molecule has 1 aromatic carbocycles. The highest BCUT2D eigenvalue weighted by Gasteiger charge is 2.40. The van der Waals surface area contributed by atoms with Crippen molar-refractivity contribution in [1.29, 1.82) is 0 Å². The van der Waals surface area contributed by atoms with E-state index in [4.69, 9.17) is 23.2 Å². The summed E-state index contributed by atoms with van der Waals surface area (Å²) < 4.78 is 0. The van der Waals surface area contributed by atoms with Crippen molar-refractivity contribution in [2.75, 3.05) is 5.32 Å². The zero-order valence-electron chi connectivity index (χ0n) is 8.79. The molecule has 1 N–H and O–H groups in total. The van der Waals surface area contributed by atoms with Crippen LogP contribution < -0.4 is 5.32 Å². The third kappa shape index (κ3) is 1.83. The lowest BCUT2D eigenvalue weighted by molar-refractivity contribution is 0.218. The lowest BCUT2D eigenvalue weighted by atomic mass is 9.71. The van der Waals surface area contributed by atoms with Gasteiger partial charge in [0.05, 0.1) is 0 Å². The van der Waals surface area contributed by atoms with Crippen LogP contribution in [0.2, 0.25) is 10.0 Å². The van der Waals surface area contributed by atoms with Crippen molar-refractivity contribution in [2.24, 2.45) is 11.8 Å². The molecule has 0 spiro atoms. The second kappa shape index (κ2) is 3.97. The van der Waals surface area contributed by atoms with E-state index in [1.54, 1.807) is 6.07 Å². The molecular formula is C13H13Cl2N. The maximum Gasteiger partial charge on any atom is 0.0441 e. The van der Waals surface area contributed by atoms with E-state index in [-0.39, 0.29) is 0 Å². The quantitative estimate of drug-likeness (QED) is 0.773. The molecule has 84 valence electrons. The molecule has 3 heteroatoms. The molecule has 1 nitrogen and oxygen atoms in total. The Balaban J connectivity index is 1.72. The summed E-state index contributed by atoms with van der Waals surface area (Å²) in [5, 5.41) is 4.89. The summed E-state index contributed by atoms with van der Waals surface area (Å²) in [6, 6.07) is 6.17. The van der Waals surface area contributed by atoms with Crippen LogP contribution in [0.3, 0.4) is 0 Å². The van der Waals surface area contributed by atoms with Crippen LogP contribution in [0.5, 0.6) is 0 Å². The van der Waals surface area contributed by atoms with Crippen LogP contribution in [0.4, 0.5) is 5.69 Å². The molecule has 2 aliphatic carbocycles. The van der Waals surface area contributed by atoms with Crippen molar-refractivity contribution in [3.05, 3.63) is 40.4 Å². The van der Waals surface area contributed by atoms with Gasteiger partial charge in [0.15, 0.2) is 0 Å². The Morgan fingerprint density at radius 3 is 2.56 bits per heavy atom. The molecule has 0 saturated heterocycles. The molecule has 16 heavy (non-hydrogen) atoms. The van der Waals surface area contributed by atoms with E-state index >= 15 is 0 Å². The maximum absolute atomic E-state index is 5.97. The minimum absolute atomic E-state index is 0.554. The first-order valence-corrected chi connectivity index (χ1v) is 6.37. The Bertz CT molecular complexity index is 421. The van der Waals surface area contributed by atoms with Gasteiger partial charge < -0.3 is 5.32 Å². The number of hydrogen-bond acceptors (Lipinski definition) is 1. The Kier molecular flexibility index (Phi) is 2.61. The zero-order chi connectivity index (χ0) is 11.1. The van der Waals surface area contributed by atoms with Gasteiger partial charge in [-0.3, -0.25) is 0 Å². The van der Waals surface area contributed by atoms with Gasteiger partial charge in [0.25, 0.3) is 0 Å². The third-order valence-corrected chi connectivity index (χ3v) is 4.01. The van der Waals surface area contributed by atoms with Gasteiger partial charge in [0, 0.05) is 27.7 Å². The topological polar surface area (TPSA) is 12.0 Å². The number of hydrogen-bond donors (Lipinski definition) is 1. The summed E-state index contributed by atoms with van der Waals surface area (Å²) >= 11 is 11.9. The number of allylic oxidation sites excluding steroid dienone is 1. The largest absolute Gasteiger partial charge is 0.382 e. The molecule has 1 fully saturated rings. The minimum atomic E-state index is 0.554. The van der Waals surface area contributed by atoms with Gasteiger partial charge in [-0.15, -0.1) is 0 Å². The maximum atomic E-state index is 5.97. The molecule has 1 aromatic rings. The fourth-order valence-corrected chi connectivity index (χ4v) is 3.26. The van der Waals surface area contributed by atoms with E-state index in [0.29, 0.717) is 22.0 Å². The summed E-state index contributed by atoms with van der Waals surface area (Å²) in [7, 11) is 0. The molecule has 0 aliphatic heterocycles. The van der Waals surface area contributed by atoms with E-state index in [0.717, 1.165) is 11.6 Å². The molecule has 0 heterocycles. The normalized spacial score (nSPS) is 31.0. The van der Waals surface area contributed by atoms with E-state index < -0.39 is 0 Å². The van der Waals surface area contributed by atoms with Crippen LogP contribution in [0.1, 0.15) is 12.8 Å². The summed E-state index contributed by atoms with van der Waals surface area (Å²) in [6.45, 7) is 0. The molecule has 0 radical (unpaired) electrons. The number of halogens is 2. The molecule has 0 aromatic heterocycles. The average Bonchev–Trinajstić information content (AvgIpc) is 2.55. The number of benzene rings is 1. The highest BCUT2D eigenvalue weighted by molar-refractivity contribution is 6.35. The third-order valence-electron chi connectivity index (χ3n) is 3.58. The molecule has 3 unspecified atom stereocenters. The molecular weight excluding hydrogens is 241 g/mol. The number of nitrogens with one attached hydrogen (secondary N) is 1. The molecule has 0 amide bonds. The van der Waals surface area contributed by atoms with Crippen LogP contribution in [0, 0.1) is 11.8 Å². The standard InChI is InChI=1S/C13H13Cl2N/c14-9-5-10(15)7-11(6-9)16-13-4-8-2-1-3-12(8)13/h1,3,5-8,12-13,16H,2,4H2.